The van der Waals surface area contributed by atoms with Gasteiger partial charge in [0.05, 0.1) is 11.4 Å². The molecule has 0 saturated carbocycles. The topological polar surface area (TPSA) is 90.0 Å². The predicted molar refractivity (Wildman–Crippen MR) is 72.8 cm³/mol. The largest absolute Gasteiger partial charge is 0.399 e. The van der Waals surface area contributed by atoms with Gasteiger partial charge in [-0.05, 0) is 19.1 Å². The maximum Gasteiger partial charge on any atom is 0.241 e. The Balaban J connectivity index is 2.29. The third kappa shape index (κ3) is 2.81. The fourth-order valence-corrected chi connectivity index (χ4v) is 3.02. The van der Waals surface area contributed by atoms with Crippen LogP contribution in [0.1, 0.15) is 11.4 Å². The summed E-state index contributed by atoms with van der Waals surface area (Å²) >= 11 is 0. The molecule has 0 amide bonds. The highest BCUT2D eigenvalue weighted by Crippen LogP contribution is 2.21. The SMILES string of the molecule is Cc1c(F)cc(N)cc1S(=O)(=O)NCc1nccn1C. The first-order chi connectivity index (χ1) is 9.31. The second-order valence-electron chi connectivity index (χ2n) is 4.40. The van der Waals surface area contributed by atoms with Crippen LogP contribution in [0, 0.1) is 12.7 Å². The summed E-state index contributed by atoms with van der Waals surface area (Å²) < 4.78 is 42.0. The number of benzene rings is 1. The summed E-state index contributed by atoms with van der Waals surface area (Å²) in [5, 5.41) is 0. The number of sulfonamides is 1. The number of hydrogen-bond acceptors (Lipinski definition) is 4. The Kier molecular flexibility index (Phi) is 3.78. The number of rotatable bonds is 4. The van der Waals surface area contributed by atoms with E-state index in [9.17, 15) is 12.8 Å². The van der Waals surface area contributed by atoms with E-state index in [0.29, 0.717) is 5.82 Å². The number of aryl methyl sites for hydroxylation is 1. The molecule has 0 fully saturated rings. The highest BCUT2D eigenvalue weighted by atomic mass is 32.2. The van der Waals surface area contributed by atoms with Gasteiger partial charge in [-0.1, -0.05) is 0 Å². The molecule has 6 nitrogen and oxygen atoms in total. The Morgan fingerprint density at radius 2 is 2.15 bits per heavy atom. The summed E-state index contributed by atoms with van der Waals surface area (Å²) in [7, 11) is -2.10. The second-order valence-corrected chi connectivity index (χ2v) is 6.14. The van der Waals surface area contributed by atoms with Crippen LogP contribution in [0.15, 0.2) is 29.4 Å². The van der Waals surface area contributed by atoms with E-state index < -0.39 is 15.8 Å². The van der Waals surface area contributed by atoms with E-state index in [1.165, 1.54) is 13.0 Å². The summed E-state index contributed by atoms with van der Waals surface area (Å²) in [6.07, 6.45) is 3.27. The fourth-order valence-electron chi connectivity index (χ4n) is 1.76. The Bertz CT molecular complexity index is 740. The zero-order chi connectivity index (χ0) is 14.9. The van der Waals surface area contributed by atoms with Crippen LogP contribution < -0.4 is 10.5 Å². The van der Waals surface area contributed by atoms with Crippen LogP contribution in [-0.2, 0) is 23.6 Å². The van der Waals surface area contributed by atoms with Crippen LogP contribution in [0.3, 0.4) is 0 Å². The Morgan fingerprint density at radius 1 is 1.45 bits per heavy atom. The van der Waals surface area contributed by atoms with E-state index in [4.69, 9.17) is 5.73 Å². The molecule has 0 saturated heterocycles. The monoisotopic (exact) mass is 298 g/mol. The normalized spacial score (nSPS) is 11.8. The van der Waals surface area contributed by atoms with Gasteiger partial charge in [0.15, 0.2) is 0 Å². The quantitative estimate of drug-likeness (QED) is 0.822. The van der Waals surface area contributed by atoms with Crippen molar-refractivity contribution >= 4 is 15.7 Å². The lowest BCUT2D eigenvalue weighted by atomic mass is 10.2. The Hall–Kier alpha value is -1.93. The van der Waals surface area contributed by atoms with Crippen LogP contribution >= 0.6 is 0 Å². The van der Waals surface area contributed by atoms with Crippen LogP contribution in [-0.4, -0.2) is 18.0 Å². The molecule has 0 aliphatic heterocycles. The van der Waals surface area contributed by atoms with Gasteiger partial charge in [-0.2, -0.15) is 0 Å². The van der Waals surface area contributed by atoms with Gasteiger partial charge in [0, 0.05) is 30.7 Å². The molecule has 0 spiro atoms. The van der Waals surface area contributed by atoms with E-state index >= 15 is 0 Å². The third-order valence-electron chi connectivity index (χ3n) is 2.95. The lowest BCUT2D eigenvalue weighted by molar-refractivity contribution is 0.571. The van der Waals surface area contributed by atoms with E-state index in [0.717, 1.165) is 6.07 Å². The Morgan fingerprint density at radius 3 is 2.75 bits per heavy atom. The minimum Gasteiger partial charge on any atom is -0.399 e. The van der Waals surface area contributed by atoms with Gasteiger partial charge in [-0.3, -0.25) is 0 Å². The smallest absolute Gasteiger partial charge is 0.241 e. The van der Waals surface area contributed by atoms with Crippen molar-refractivity contribution in [3.05, 3.63) is 41.7 Å². The van der Waals surface area contributed by atoms with Gasteiger partial charge in [-0.15, -0.1) is 0 Å². The minimum atomic E-state index is -3.85. The summed E-state index contributed by atoms with van der Waals surface area (Å²) in [5.74, 6) is -0.0991. The molecular weight excluding hydrogens is 283 g/mol. The number of anilines is 1. The maximum absolute atomic E-state index is 13.6. The second kappa shape index (κ2) is 5.22. The first-order valence-corrected chi connectivity index (χ1v) is 7.31. The average Bonchev–Trinajstić information content (AvgIpc) is 2.77. The third-order valence-corrected chi connectivity index (χ3v) is 4.48. The van der Waals surface area contributed by atoms with Gasteiger partial charge >= 0.3 is 0 Å². The molecule has 0 bridgehead atoms. The summed E-state index contributed by atoms with van der Waals surface area (Å²) in [4.78, 5) is 3.84. The number of imidazole rings is 1. The number of halogens is 1. The molecule has 0 unspecified atom stereocenters. The molecule has 20 heavy (non-hydrogen) atoms. The van der Waals surface area contributed by atoms with Crippen molar-refractivity contribution in [2.75, 3.05) is 5.73 Å². The molecule has 1 heterocycles. The zero-order valence-corrected chi connectivity index (χ0v) is 11.9. The lowest BCUT2D eigenvalue weighted by Crippen LogP contribution is -2.25. The van der Waals surface area contributed by atoms with E-state index in [-0.39, 0.29) is 22.7 Å². The lowest BCUT2D eigenvalue weighted by Gasteiger charge is -2.11. The van der Waals surface area contributed by atoms with Crippen molar-refractivity contribution in [3.63, 3.8) is 0 Å². The van der Waals surface area contributed by atoms with Crippen molar-refractivity contribution in [3.8, 4) is 0 Å². The van der Waals surface area contributed by atoms with Crippen molar-refractivity contribution in [2.45, 2.75) is 18.4 Å². The van der Waals surface area contributed by atoms with Gasteiger partial charge in [0.2, 0.25) is 10.0 Å². The number of nitrogens with one attached hydrogen (secondary N) is 1. The van der Waals surface area contributed by atoms with Crippen molar-refractivity contribution < 1.29 is 12.8 Å². The molecule has 2 aromatic rings. The van der Waals surface area contributed by atoms with Gasteiger partial charge in [0.1, 0.15) is 11.6 Å². The highest BCUT2D eigenvalue weighted by molar-refractivity contribution is 7.89. The van der Waals surface area contributed by atoms with Crippen LogP contribution in [0.25, 0.3) is 0 Å². The number of hydrogen-bond donors (Lipinski definition) is 2. The molecule has 1 aromatic heterocycles. The molecule has 0 atom stereocenters. The molecule has 0 radical (unpaired) electrons. The maximum atomic E-state index is 13.6. The zero-order valence-electron chi connectivity index (χ0n) is 11.1. The van der Waals surface area contributed by atoms with Crippen molar-refractivity contribution in [2.24, 2.45) is 7.05 Å². The molecule has 0 aliphatic carbocycles. The molecule has 0 aliphatic rings. The van der Waals surface area contributed by atoms with Crippen molar-refractivity contribution in [1.29, 1.82) is 0 Å². The number of nitrogens with two attached hydrogens (primary N) is 1. The first-order valence-electron chi connectivity index (χ1n) is 5.83. The highest BCUT2D eigenvalue weighted by Gasteiger charge is 2.20. The van der Waals surface area contributed by atoms with E-state index in [1.807, 2.05) is 0 Å². The molecule has 2 rings (SSSR count). The van der Waals surface area contributed by atoms with E-state index in [1.54, 1.807) is 24.0 Å². The van der Waals surface area contributed by atoms with Crippen LogP contribution in [0.4, 0.5) is 10.1 Å². The number of nitrogen functional groups attached to an aromatic ring is 1. The van der Waals surface area contributed by atoms with Crippen LogP contribution in [0.5, 0.6) is 0 Å². The summed E-state index contributed by atoms with van der Waals surface area (Å²) in [6.45, 7) is 1.41. The molecular formula is C12H15FN4O2S. The van der Waals surface area contributed by atoms with E-state index in [2.05, 4.69) is 9.71 Å². The minimum absolute atomic E-state index is 0.0156. The van der Waals surface area contributed by atoms with Crippen molar-refractivity contribution in [1.82, 2.24) is 14.3 Å². The fraction of sp³-hybridized carbons (Fsp3) is 0.250. The van der Waals surface area contributed by atoms with Gasteiger partial charge < -0.3 is 10.3 Å². The number of aromatic nitrogens is 2. The average molecular weight is 298 g/mol. The number of nitrogens with zero attached hydrogens (tertiary/aromatic N) is 2. The summed E-state index contributed by atoms with van der Waals surface area (Å²) in [6, 6.07) is 2.33. The Labute approximate surface area is 116 Å². The molecule has 8 heteroatoms. The molecule has 3 N–H and O–H groups in total. The van der Waals surface area contributed by atoms with Crippen LogP contribution in [0.2, 0.25) is 0 Å². The van der Waals surface area contributed by atoms with Gasteiger partial charge in [0.25, 0.3) is 0 Å². The van der Waals surface area contributed by atoms with Gasteiger partial charge in [-0.25, -0.2) is 22.5 Å². The first kappa shape index (κ1) is 14.5. The summed E-state index contributed by atoms with van der Waals surface area (Å²) in [5.41, 5.74) is 5.59. The molecule has 1 aromatic carbocycles. The predicted octanol–water partition coefficient (Wildman–Crippen LogP) is 0.928. The standard InChI is InChI=1S/C12H15FN4O2S/c1-8-10(13)5-9(14)6-11(8)20(18,19)16-7-12-15-3-4-17(12)2/h3-6,16H,7,14H2,1-2H3. The molecule has 108 valence electrons.